The maximum Gasteiger partial charge on any atom is 0.269 e. The number of amides is 1. The number of thiophene rings is 1. The highest BCUT2D eigenvalue weighted by Crippen LogP contribution is 2.47. The number of rotatable bonds is 5. The lowest BCUT2D eigenvalue weighted by molar-refractivity contribution is -0.000925. The van der Waals surface area contributed by atoms with E-state index < -0.39 is 24.8 Å². The number of carbonyl (C=O) groups is 1. The number of anilines is 1. The normalized spacial score (nSPS) is 21.9. The van der Waals surface area contributed by atoms with Crippen LogP contribution in [0.1, 0.15) is 40.9 Å². The predicted octanol–water partition coefficient (Wildman–Crippen LogP) is 3.19. The quantitative estimate of drug-likeness (QED) is 0.813. The van der Waals surface area contributed by atoms with E-state index in [0.717, 1.165) is 25.9 Å². The summed E-state index contributed by atoms with van der Waals surface area (Å²) in [4.78, 5) is 14.6. The highest BCUT2D eigenvalue weighted by atomic mass is 32.1. The molecule has 0 spiro atoms. The number of aromatic amines is 1. The third-order valence-electron chi connectivity index (χ3n) is 5.13. The van der Waals surface area contributed by atoms with Crippen LogP contribution in [-0.4, -0.2) is 47.8 Å². The Morgan fingerprint density at radius 1 is 1.48 bits per heavy atom. The van der Waals surface area contributed by atoms with Crippen LogP contribution < -0.4 is 10.6 Å². The van der Waals surface area contributed by atoms with Crippen molar-refractivity contribution >= 4 is 22.9 Å². The van der Waals surface area contributed by atoms with E-state index in [1.54, 1.807) is 17.3 Å². The van der Waals surface area contributed by atoms with Crippen LogP contribution in [0.2, 0.25) is 0 Å². The van der Waals surface area contributed by atoms with Crippen molar-refractivity contribution in [3.63, 3.8) is 0 Å². The Kier molecular flexibility index (Phi) is 4.90. The molecule has 0 aromatic carbocycles. The van der Waals surface area contributed by atoms with Gasteiger partial charge in [0.2, 0.25) is 0 Å². The lowest BCUT2D eigenvalue weighted by atomic mass is 9.96. The van der Waals surface area contributed by atoms with Crippen molar-refractivity contribution < 1.29 is 18.3 Å². The third kappa shape index (κ3) is 3.70. The van der Waals surface area contributed by atoms with Crippen LogP contribution >= 0.6 is 11.3 Å². The van der Waals surface area contributed by atoms with Gasteiger partial charge in [-0.1, -0.05) is 0 Å². The maximum absolute atomic E-state index is 14.5. The fourth-order valence-electron chi connectivity index (χ4n) is 3.93. The minimum atomic E-state index is -2.87. The molecule has 1 fully saturated rings. The van der Waals surface area contributed by atoms with Gasteiger partial charge in [0.05, 0.1) is 24.5 Å². The van der Waals surface area contributed by atoms with Crippen molar-refractivity contribution in [2.45, 2.75) is 44.1 Å². The van der Waals surface area contributed by atoms with Gasteiger partial charge in [0.1, 0.15) is 4.88 Å². The van der Waals surface area contributed by atoms with Gasteiger partial charge in [-0.3, -0.25) is 9.89 Å². The molecule has 2 aromatic rings. The first-order valence-corrected chi connectivity index (χ1v) is 9.95. The number of H-pyrrole nitrogens is 1. The minimum Gasteiger partial charge on any atom is -0.378 e. The van der Waals surface area contributed by atoms with Crippen LogP contribution in [-0.2, 0) is 11.2 Å². The van der Waals surface area contributed by atoms with Crippen LogP contribution in [0.25, 0.3) is 10.4 Å². The van der Waals surface area contributed by atoms with E-state index in [-0.39, 0.29) is 6.10 Å². The Hall–Kier alpha value is -2.00. The summed E-state index contributed by atoms with van der Waals surface area (Å²) in [6.07, 6.45) is 6.65. The number of carbonyl (C=O) groups excluding carboxylic acids is 1. The third-order valence-corrected chi connectivity index (χ3v) is 6.42. The Bertz CT molecular complexity index is 816. The molecule has 0 aliphatic carbocycles. The molecule has 1 saturated heterocycles. The molecule has 2 aromatic heterocycles. The van der Waals surface area contributed by atoms with Gasteiger partial charge < -0.3 is 15.4 Å². The first-order chi connectivity index (χ1) is 12.9. The number of aromatic nitrogens is 2. The van der Waals surface area contributed by atoms with Crippen LogP contribution in [0.15, 0.2) is 12.4 Å². The number of hydrogen-bond donors (Lipinski definition) is 2. The number of alkyl halides is 2. The molecular weight excluding hydrogens is 374 g/mol. The van der Waals surface area contributed by atoms with Crippen LogP contribution in [0.4, 0.5) is 14.5 Å². The van der Waals surface area contributed by atoms with E-state index in [1.807, 2.05) is 0 Å². The van der Waals surface area contributed by atoms with Crippen molar-refractivity contribution in [2.24, 2.45) is 5.73 Å². The van der Waals surface area contributed by atoms with Crippen LogP contribution in [0.5, 0.6) is 0 Å². The van der Waals surface area contributed by atoms with Gasteiger partial charge >= 0.3 is 0 Å². The first kappa shape index (κ1) is 18.4. The molecule has 0 bridgehead atoms. The zero-order valence-corrected chi connectivity index (χ0v) is 15.7. The number of fused-ring (bicyclic) bond motifs is 1. The molecule has 146 valence electrons. The fraction of sp³-hybridized carbons (Fsp3) is 0.556. The molecule has 1 amide bonds. The summed E-state index contributed by atoms with van der Waals surface area (Å²) in [5, 5.41) is 6.60. The number of nitrogens with one attached hydrogen (secondary N) is 1. The van der Waals surface area contributed by atoms with Gasteiger partial charge in [-0.05, 0) is 25.7 Å². The minimum absolute atomic E-state index is 0.0850. The summed E-state index contributed by atoms with van der Waals surface area (Å²) >= 11 is 1.17. The SMILES string of the molecule is NC(=O)c1sc(-c2cn[nH]c2)c2c1N(CC[C@@H]1CCCCO1)CC(F)(F)C2. The Morgan fingerprint density at radius 3 is 3.00 bits per heavy atom. The zero-order chi connectivity index (χ0) is 19.0. The Morgan fingerprint density at radius 2 is 2.33 bits per heavy atom. The molecule has 4 rings (SSSR count). The van der Waals surface area contributed by atoms with E-state index in [9.17, 15) is 13.6 Å². The summed E-state index contributed by atoms with van der Waals surface area (Å²) in [6, 6.07) is 0. The average Bonchev–Trinajstić information content (AvgIpc) is 3.27. The molecule has 9 heteroatoms. The average molecular weight is 396 g/mol. The number of nitrogens with two attached hydrogens (primary N) is 1. The van der Waals surface area contributed by atoms with Crippen molar-refractivity contribution in [1.29, 1.82) is 0 Å². The van der Waals surface area contributed by atoms with E-state index in [2.05, 4.69) is 10.2 Å². The summed E-state index contributed by atoms with van der Waals surface area (Å²) in [5.74, 6) is -3.45. The van der Waals surface area contributed by atoms with Gasteiger partial charge in [0.25, 0.3) is 11.8 Å². The lowest BCUT2D eigenvalue weighted by Crippen LogP contribution is -2.44. The molecule has 6 nitrogen and oxygen atoms in total. The second-order valence-corrected chi connectivity index (χ2v) is 8.19. The zero-order valence-electron chi connectivity index (χ0n) is 14.8. The highest BCUT2D eigenvalue weighted by molar-refractivity contribution is 7.18. The van der Waals surface area contributed by atoms with E-state index in [4.69, 9.17) is 10.5 Å². The largest absolute Gasteiger partial charge is 0.378 e. The highest BCUT2D eigenvalue weighted by Gasteiger charge is 2.42. The van der Waals surface area contributed by atoms with Gasteiger partial charge in [-0.2, -0.15) is 5.10 Å². The molecule has 2 aliphatic rings. The molecule has 3 N–H and O–H groups in total. The topological polar surface area (TPSA) is 84.2 Å². The molecule has 27 heavy (non-hydrogen) atoms. The molecule has 0 saturated carbocycles. The van der Waals surface area contributed by atoms with Gasteiger partial charge in [0.15, 0.2) is 0 Å². The smallest absolute Gasteiger partial charge is 0.269 e. The number of ether oxygens (including phenoxy) is 1. The van der Waals surface area contributed by atoms with Crippen molar-refractivity contribution in [3.8, 4) is 10.4 Å². The van der Waals surface area contributed by atoms with E-state index >= 15 is 0 Å². The van der Waals surface area contributed by atoms with Crippen LogP contribution in [0.3, 0.4) is 0 Å². The number of halogens is 2. The lowest BCUT2D eigenvalue weighted by Gasteiger charge is -2.36. The van der Waals surface area contributed by atoms with Crippen molar-refractivity contribution in [2.75, 3.05) is 24.6 Å². The molecular formula is C18H22F2N4O2S. The summed E-state index contributed by atoms with van der Waals surface area (Å²) < 4.78 is 34.8. The van der Waals surface area contributed by atoms with Gasteiger partial charge in [-0.15, -0.1) is 11.3 Å². The van der Waals surface area contributed by atoms with Gasteiger partial charge in [0, 0.05) is 41.8 Å². The second kappa shape index (κ2) is 7.20. The Balaban J connectivity index is 1.69. The maximum atomic E-state index is 14.5. The second-order valence-electron chi connectivity index (χ2n) is 7.17. The van der Waals surface area contributed by atoms with Crippen molar-refractivity contribution in [3.05, 3.63) is 22.8 Å². The molecule has 0 unspecified atom stereocenters. The van der Waals surface area contributed by atoms with Crippen LogP contribution in [0, 0.1) is 0 Å². The van der Waals surface area contributed by atoms with Gasteiger partial charge in [-0.25, -0.2) is 8.78 Å². The molecule has 2 aliphatic heterocycles. The monoisotopic (exact) mass is 396 g/mol. The summed E-state index contributed by atoms with van der Waals surface area (Å²) in [5.41, 5.74) is 7.32. The molecule has 0 radical (unpaired) electrons. The van der Waals surface area contributed by atoms with E-state index in [0.29, 0.717) is 39.5 Å². The first-order valence-electron chi connectivity index (χ1n) is 9.13. The number of primary amides is 1. The van der Waals surface area contributed by atoms with Crippen molar-refractivity contribution in [1.82, 2.24) is 10.2 Å². The standard InChI is InChI=1S/C18H22F2N4O2S/c19-18(20)7-13-14(24(10-18)5-4-12-3-1-2-6-26-12)16(17(21)25)27-15(13)11-8-22-23-9-11/h8-9,12H,1-7,10H2,(H2,21,25)(H,22,23)/t12-/m0/s1. The van der Waals surface area contributed by atoms with E-state index in [1.165, 1.54) is 11.3 Å². The number of hydrogen-bond acceptors (Lipinski definition) is 5. The summed E-state index contributed by atoms with van der Waals surface area (Å²) in [7, 11) is 0. The molecule has 4 heterocycles. The summed E-state index contributed by atoms with van der Waals surface area (Å²) in [6.45, 7) is 0.728. The number of nitrogens with zero attached hydrogens (tertiary/aromatic N) is 2. The Labute approximate surface area is 159 Å². The predicted molar refractivity (Wildman–Crippen MR) is 99.5 cm³/mol. The fourth-order valence-corrected chi connectivity index (χ4v) is 5.10. The molecule has 1 atom stereocenters.